The first-order chi connectivity index (χ1) is 11.5. The van der Waals surface area contributed by atoms with Crippen LogP contribution in [-0.2, 0) is 20.5 Å². The van der Waals surface area contributed by atoms with Gasteiger partial charge < -0.3 is 30.6 Å². The first kappa shape index (κ1) is 21.3. The number of pyridine rings is 1. The van der Waals surface area contributed by atoms with Crippen LogP contribution >= 0.6 is 7.82 Å². The third kappa shape index (κ3) is 6.97. The highest BCUT2D eigenvalue weighted by Crippen LogP contribution is 2.40. The minimum absolute atomic E-state index is 0.100. The van der Waals surface area contributed by atoms with E-state index in [0.29, 0.717) is 42.8 Å². The Morgan fingerprint density at radius 1 is 1.44 bits per heavy atom. The minimum Gasteiger partial charge on any atom is -0.504 e. The molecule has 0 spiro atoms. The summed E-state index contributed by atoms with van der Waals surface area (Å²) in [6.07, 6.45) is 2.92. The zero-order chi connectivity index (χ0) is 19.2. The monoisotopic (exact) mass is 377 g/mol. The zero-order valence-corrected chi connectivity index (χ0v) is 15.0. The maximum atomic E-state index is 10.9. The summed E-state index contributed by atoms with van der Waals surface area (Å²) in [6, 6.07) is -0.908. The molecule has 0 aromatic carbocycles. The van der Waals surface area contributed by atoms with E-state index in [9.17, 15) is 14.5 Å². The highest BCUT2D eigenvalue weighted by Gasteiger charge is 2.20. The van der Waals surface area contributed by atoms with Crippen LogP contribution in [0.15, 0.2) is 6.20 Å². The fourth-order valence-electron chi connectivity index (χ4n) is 2.25. The lowest BCUT2D eigenvalue weighted by Crippen LogP contribution is -2.30. The lowest BCUT2D eigenvalue weighted by Gasteiger charge is -2.24. The quantitative estimate of drug-likeness (QED) is 0.289. The molecule has 11 heteroatoms. The van der Waals surface area contributed by atoms with Gasteiger partial charge in [-0.25, -0.2) is 4.57 Å². The summed E-state index contributed by atoms with van der Waals surface area (Å²) < 4.78 is 15.4. The van der Waals surface area contributed by atoms with E-state index in [1.807, 2.05) is 0 Å². The van der Waals surface area contributed by atoms with Crippen molar-refractivity contribution in [2.24, 2.45) is 5.73 Å². The second-order valence-corrected chi connectivity index (χ2v) is 6.93. The van der Waals surface area contributed by atoms with Gasteiger partial charge in [0, 0.05) is 25.4 Å². The number of nitrogens with two attached hydrogens (primary N) is 1. The fourth-order valence-corrected chi connectivity index (χ4v) is 2.56. The number of nitrogens with zero attached hydrogens (tertiary/aromatic N) is 2. The lowest BCUT2D eigenvalue weighted by molar-refractivity contribution is -0.138. The standard InChI is InChI=1S/C14H24N3O7P/c1-9-13(18)12(10(7-16-9)8-24-25(21,22)23)17(2)6-4-3-5-11(15)14(19)20/h7,11,18H,3-6,8,15H2,1-2H3,(H,19,20)(H2,21,22,23)/t11-/m0/s1. The normalized spacial score (nSPS) is 12.8. The number of aromatic nitrogens is 1. The Morgan fingerprint density at radius 2 is 2.08 bits per heavy atom. The van der Waals surface area contributed by atoms with E-state index in [4.69, 9.17) is 20.6 Å². The van der Waals surface area contributed by atoms with E-state index in [1.54, 1.807) is 18.9 Å². The maximum absolute atomic E-state index is 10.9. The van der Waals surface area contributed by atoms with Crippen LogP contribution in [0.2, 0.25) is 0 Å². The van der Waals surface area contributed by atoms with Crippen molar-refractivity contribution in [1.29, 1.82) is 0 Å². The Hall–Kier alpha value is -1.71. The van der Waals surface area contributed by atoms with E-state index in [2.05, 4.69) is 9.51 Å². The summed E-state index contributed by atoms with van der Waals surface area (Å²) in [5.74, 6) is -1.15. The number of rotatable bonds is 10. The molecule has 10 nitrogen and oxygen atoms in total. The van der Waals surface area contributed by atoms with Gasteiger partial charge in [-0.2, -0.15) is 0 Å². The molecule has 0 radical (unpaired) electrons. The van der Waals surface area contributed by atoms with Gasteiger partial charge in [0.05, 0.1) is 18.0 Å². The van der Waals surface area contributed by atoms with Crippen LogP contribution in [-0.4, -0.2) is 50.6 Å². The maximum Gasteiger partial charge on any atom is 0.469 e. The predicted molar refractivity (Wildman–Crippen MR) is 90.2 cm³/mol. The van der Waals surface area contributed by atoms with E-state index in [1.165, 1.54) is 6.20 Å². The van der Waals surface area contributed by atoms with Crippen molar-refractivity contribution in [3.05, 3.63) is 17.5 Å². The number of aromatic hydroxyl groups is 1. The largest absolute Gasteiger partial charge is 0.504 e. The molecule has 1 aromatic heterocycles. The van der Waals surface area contributed by atoms with Gasteiger partial charge in [0.15, 0.2) is 5.75 Å². The SMILES string of the molecule is Cc1ncc(COP(=O)(O)O)c(N(C)CCCC[C@H](N)C(=O)O)c1O. The van der Waals surface area contributed by atoms with Crippen LogP contribution in [0.25, 0.3) is 0 Å². The molecule has 0 bridgehead atoms. The molecule has 1 atom stereocenters. The number of phosphoric ester groups is 1. The molecule has 1 rings (SSSR count). The highest BCUT2D eigenvalue weighted by molar-refractivity contribution is 7.46. The van der Waals surface area contributed by atoms with Crippen LogP contribution < -0.4 is 10.6 Å². The molecule has 0 saturated heterocycles. The molecule has 0 unspecified atom stereocenters. The number of aliphatic carboxylic acids is 1. The number of phosphoric acid groups is 1. The number of unbranched alkanes of at least 4 members (excludes halogenated alkanes) is 1. The Balaban J connectivity index is 2.78. The van der Waals surface area contributed by atoms with Crippen molar-refractivity contribution >= 4 is 19.5 Å². The summed E-state index contributed by atoms with van der Waals surface area (Å²) >= 11 is 0. The van der Waals surface area contributed by atoms with Gasteiger partial charge in [-0.05, 0) is 26.2 Å². The molecule has 0 aliphatic rings. The number of hydrogen-bond acceptors (Lipinski definition) is 7. The minimum atomic E-state index is -4.65. The van der Waals surface area contributed by atoms with Crippen LogP contribution in [0, 0.1) is 6.92 Å². The number of carboxylic acid groups (broad SMARTS) is 1. The number of aryl methyl sites for hydroxylation is 1. The fraction of sp³-hybridized carbons (Fsp3) is 0.571. The summed E-state index contributed by atoms with van der Waals surface area (Å²) in [7, 11) is -2.95. The van der Waals surface area contributed by atoms with Gasteiger partial charge in [0.2, 0.25) is 0 Å². The molecular weight excluding hydrogens is 353 g/mol. The molecule has 0 amide bonds. The van der Waals surface area contributed by atoms with E-state index in [-0.39, 0.29) is 5.75 Å². The van der Waals surface area contributed by atoms with Gasteiger partial charge in [0.25, 0.3) is 0 Å². The van der Waals surface area contributed by atoms with Gasteiger partial charge in [-0.15, -0.1) is 0 Å². The van der Waals surface area contributed by atoms with Gasteiger partial charge in [-0.1, -0.05) is 0 Å². The molecule has 0 aliphatic carbocycles. The molecule has 25 heavy (non-hydrogen) atoms. The van der Waals surface area contributed by atoms with Gasteiger partial charge in [-0.3, -0.25) is 14.3 Å². The molecule has 142 valence electrons. The molecule has 0 aliphatic heterocycles. The van der Waals surface area contributed by atoms with Crippen LogP contribution in [0.1, 0.15) is 30.5 Å². The summed E-state index contributed by atoms with van der Waals surface area (Å²) in [5, 5.41) is 19.0. The average molecular weight is 377 g/mol. The number of hydrogen-bond donors (Lipinski definition) is 5. The van der Waals surface area contributed by atoms with E-state index >= 15 is 0 Å². The van der Waals surface area contributed by atoms with Gasteiger partial charge >= 0.3 is 13.8 Å². The van der Waals surface area contributed by atoms with E-state index in [0.717, 1.165) is 0 Å². The third-order valence-electron chi connectivity index (χ3n) is 3.63. The Morgan fingerprint density at radius 3 is 2.64 bits per heavy atom. The molecule has 1 aromatic rings. The van der Waals surface area contributed by atoms with Crippen LogP contribution in [0.4, 0.5) is 5.69 Å². The molecule has 6 N–H and O–H groups in total. The Kier molecular flexibility index (Phi) is 7.78. The molecule has 0 fully saturated rings. The van der Waals surface area contributed by atoms with Crippen molar-refractivity contribution in [2.45, 2.75) is 38.8 Å². The smallest absolute Gasteiger partial charge is 0.469 e. The summed E-state index contributed by atoms with van der Waals surface area (Å²) in [4.78, 5) is 34.0. The third-order valence-corrected chi connectivity index (χ3v) is 4.10. The van der Waals surface area contributed by atoms with Gasteiger partial charge in [0.1, 0.15) is 6.04 Å². The summed E-state index contributed by atoms with van der Waals surface area (Å²) in [6.45, 7) is 1.67. The highest BCUT2D eigenvalue weighted by atomic mass is 31.2. The van der Waals surface area contributed by atoms with Crippen LogP contribution in [0.3, 0.4) is 0 Å². The van der Waals surface area contributed by atoms with Crippen molar-refractivity contribution < 1.29 is 33.9 Å². The molecule has 0 saturated carbocycles. The molecular formula is C14H24N3O7P. The number of carboxylic acids is 1. The first-order valence-corrected chi connectivity index (χ1v) is 9.13. The predicted octanol–water partition coefficient (Wildman–Crippen LogP) is 0.723. The Bertz CT molecular complexity index is 650. The molecule has 1 heterocycles. The van der Waals surface area contributed by atoms with Crippen molar-refractivity contribution in [2.75, 3.05) is 18.5 Å². The Labute approximate surface area is 145 Å². The number of carbonyl (C=O) groups is 1. The second-order valence-electron chi connectivity index (χ2n) is 5.69. The van der Waals surface area contributed by atoms with Crippen molar-refractivity contribution in [1.82, 2.24) is 4.98 Å². The van der Waals surface area contributed by atoms with Crippen molar-refractivity contribution in [3.63, 3.8) is 0 Å². The van der Waals surface area contributed by atoms with Crippen LogP contribution in [0.5, 0.6) is 5.75 Å². The first-order valence-electron chi connectivity index (χ1n) is 7.60. The second kappa shape index (κ2) is 9.12. The van der Waals surface area contributed by atoms with E-state index < -0.39 is 26.4 Å². The summed E-state index contributed by atoms with van der Waals surface area (Å²) in [5.41, 5.74) is 6.51. The lowest BCUT2D eigenvalue weighted by atomic mass is 10.1. The zero-order valence-electron chi connectivity index (χ0n) is 14.1. The van der Waals surface area contributed by atoms with Crippen molar-refractivity contribution in [3.8, 4) is 5.75 Å². The topological polar surface area (TPSA) is 166 Å². The number of anilines is 1. The average Bonchev–Trinajstić information content (AvgIpc) is 2.51.